The molecule has 1 aromatic carbocycles. The van der Waals surface area contributed by atoms with E-state index in [1.807, 2.05) is 0 Å². The van der Waals surface area contributed by atoms with Crippen molar-refractivity contribution >= 4 is 17.2 Å². The number of benzene rings is 1. The fourth-order valence-corrected chi connectivity index (χ4v) is 2.19. The molecule has 0 amide bonds. The summed E-state index contributed by atoms with van der Waals surface area (Å²) >= 11 is 0. The minimum atomic E-state index is -0.500. The fraction of sp³-hybridized carbons (Fsp3) is 0. The smallest absolute Gasteiger partial charge is 0.280 e. The zero-order valence-corrected chi connectivity index (χ0v) is 11.8. The maximum Gasteiger partial charge on any atom is 0.280 e. The van der Waals surface area contributed by atoms with Crippen LogP contribution in [0.3, 0.4) is 0 Å². The molecular formula is C16H11N3O4. The molecule has 7 nitrogen and oxygen atoms in total. The number of carbonyl (C=O) groups is 1. The number of hydrogen-bond acceptors (Lipinski definition) is 6. The van der Waals surface area contributed by atoms with Gasteiger partial charge in [-0.3, -0.25) is 19.9 Å². The summed E-state index contributed by atoms with van der Waals surface area (Å²) in [7, 11) is 0. The minimum absolute atomic E-state index is 0.0519. The van der Waals surface area contributed by atoms with E-state index < -0.39 is 10.7 Å². The summed E-state index contributed by atoms with van der Waals surface area (Å²) in [5.41, 5.74) is 6.44. The van der Waals surface area contributed by atoms with E-state index in [0.29, 0.717) is 5.56 Å². The van der Waals surface area contributed by atoms with Gasteiger partial charge in [0.15, 0.2) is 5.76 Å². The molecule has 0 saturated heterocycles. The van der Waals surface area contributed by atoms with Crippen molar-refractivity contribution in [3.05, 3.63) is 76.3 Å². The van der Waals surface area contributed by atoms with Crippen LogP contribution in [0, 0.1) is 10.1 Å². The summed E-state index contributed by atoms with van der Waals surface area (Å²) in [6, 6.07) is 10.6. The third kappa shape index (κ3) is 2.67. The molecule has 3 rings (SSSR count). The van der Waals surface area contributed by atoms with Crippen molar-refractivity contribution in [3.63, 3.8) is 0 Å². The Morgan fingerprint density at radius 3 is 2.70 bits per heavy atom. The average Bonchev–Trinajstić information content (AvgIpc) is 3.04. The Labute approximate surface area is 130 Å². The van der Waals surface area contributed by atoms with Gasteiger partial charge in [-0.05, 0) is 24.3 Å². The number of nitro benzene ring substituents is 1. The molecule has 7 heteroatoms. The van der Waals surface area contributed by atoms with Gasteiger partial charge >= 0.3 is 0 Å². The molecule has 2 N–H and O–H groups in total. The van der Waals surface area contributed by atoms with E-state index in [1.54, 1.807) is 18.2 Å². The molecule has 3 aromatic rings. The predicted molar refractivity (Wildman–Crippen MR) is 82.9 cm³/mol. The number of hydrogen-bond donors (Lipinski definition) is 1. The van der Waals surface area contributed by atoms with Crippen molar-refractivity contribution in [2.45, 2.75) is 0 Å². The maximum atomic E-state index is 12.4. The Hall–Kier alpha value is -3.48. The number of carbonyl (C=O) groups excluding carboxylic acids is 1. The van der Waals surface area contributed by atoms with Crippen LogP contribution in [-0.2, 0) is 0 Å². The third-order valence-electron chi connectivity index (χ3n) is 3.29. The molecule has 0 aliphatic carbocycles. The molecular weight excluding hydrogens is 298 g/mol. The molecule has 0 bridgehead atoms. The largest absolute Gasteiger partial charge is 0.452 e. The van der Waals surface area contributed by atoms with E-state index in [9.17, 15) is 14.9 Å². The highest BCUT2D eigenvalue weighted by Gasteiger charge is 2.20. The summed E-state index contributed by atoms with van der Waals surface area (Å²) in [6.45, 7) is 0. The average molecular weight is 309 g/mol. The van der Waals surface area contributed by atoms with Gasteiger partial charge in [-0.25, -0.2) is 0 Å². The van der Waals surface area contributed by atoms with Gasteiger partial charge in [-0.15, -0.1) is 0 Å². The zero-order chi connectivity index (χ0) is 16.4. The van der Waals surface area contributed by atoms with Crippen molar-refractivity contribution in [2.75, 3.05) is 5.73 Å². The van der Waals surface area contributed by atoms with E-state index in [4.69, 9.17) is 10.2 Å². The number of rotatable bonds is 4. The summed E-state index contributed by atoms with van der Waals surface area (Å²) in [4.78, 5) is 26.8. The molecule has 0 aliphatic rings. The highest BCUT2D eigenvalue weighted by molar-refractivity contribution is 6.10. The number of aromatic nitrogens is 1. The normalized spacial score (nSPS) is 10.4. The number of para-hydroxylation sites is 1. The van der Waals surface area contributed by atoms with Crippen LogP contribution in [0.2, 0.25) is 0 Å². The monoisotopic (exact) mass is 309 g/mol. The molecule has 2 heterocycles. The maximum absolute atomic E-state index is 12.4. The van der Waals surface area contributed by atoms with Gasteiger partial charge in [-0.1, -0.05) is 12.1 Å². The zero-order valence-electron chi connectivity index (χ0n) is 11.8. The lowest BCUT2D eigenvalue weighted by Crippen LogP contribution is -2.04. The van der Waals surface area contributed by atoms with Crippen LogP contribution in [0.15, 0.2) is 59.3 Å². The first kappa shape index (κ1) is 14.5. The van der Waals surface area contributed by atoms with E-state index in [-0.39, 0.29) is 28.5 Å². The van der Waals surface area contributed by atoms with Gasteiger partial charge in [0.2, 0.25) is 5.78 Å². The Balaban J connectivity index is 2.00. The molecule has 0 atom stereocenters. The van der Waals surface area contributed by atoms with Crippen molar-refractivity contribution in [1.29, 1.82) is 0 Å². The van der Waals surface area contributed by atoms with Crippen molar-refractivity contribution in [3.8, 4) is 11.3 Å². The second-order valence-corrected chi connectivity index (χ2v) is 4.73. The number of nitrogens with zero attached hydrogens (tertiary/aromatic N) is 2. The summed E-state index contributed by atoms with van der Waals surface area (Å²) < 4.78 is 5.50. The van der Waals surface area contributed by atoms with Crippen LogP contribution in [-0.4, -0.2) is 15.7 Å². The fourth-order valence-electron chi connectivity index (χ4n) is 2.19. The molecule has 0 saturated carbocycles. The Bertz CT molecular complexity index is 902. The third-order valence-corrected chi connectivity index (χ3v) is 3.29. The number of pyridine rings is 1. The lowest BCUT2D eigenvalue weighted by Gasteiger charge is -2.02. The summed E-state index contributed by atoms with van der Waals surface area (Å²) in [6.07, 6.45) is 2.83. The van der Waals surface area contributed by atoms with Gasteiger partial charge < -0.3 is 10.2 Å². The Morgan fingerprint density at radius 2 is 1.96 bits per heavy atom. The van der Waals surface area contributed by atoms with Crippen LogP contribution in [0.4, 0.5) is 11.4 Å². The van der Waals surface area contributed by atoms with Crippen molar-refractivity contribution < 1.29 is 14.1 Å². The first-order valence-corrected chi connectivity index (χ1v) is 6.65. The van der Waals surface area contributed by atoms with E-state index in [1.165, 1.54) is 36.7 Å². The first-order chi connectivity index (χ1) is 11.1. The van der Waals surface area contributed by atoms with Crippen molar-refractivity contribution in [1.82, 2.24) is 4.98 Å². The van der Waals surface area contributed by atoms with E-state index >= 15 is 0 Å². The molecule has 0 fully saturated rings. The second-order valence-electron chi connectivity index (χ2n) is 4.73. The number of nitro groups is 1. The molecule has 2 aromatic heterocycles. The lowest BCUT2D eigenvalue weighted by molar-refractivity contribution is -0.384. The molecule has 0 spiro atoms. The number of anilines is 1. The Kier molecular flexibility index (Phi) is 3.60. The second kappa shape index (κ2) is 5.72. The number of ketones is 1. The molecule has 23 heavy (non-hydrogen) atoms. The van der Waals surface area contributed by atoms with Crippen LogP contribution < -0.4 is 5.73 Å². The van der Waals surface area contributed by atoms with Gasteiger partial charge in [-0.2, -0.15) is 0 Å². The molecule has 114 valence electrons. The molecule has 0 aliphatic heterocycles. The van der Waals surface area contributed by atoms with Crippen molar-refractivity contribution in [2.24, 2.45) is 0 Å². The summed E-state index contributed by atoms with van der Waals surface area (Å²) in [5.74, 6) is -0.112. The number of nitrogens with two attached hydrogens (primary N) is 1. The predicted octanol–water partition coefficient (Wildman–Crippen LogP) is 3.06. The van der Waals surface area contributed by atoms with Crippen LogP contribution in [0.25, 0.3) is 11.3 Å². The standard InChI is InChI=1S/C16H11N3O4/c17-12-9-18-8-7-10(12)16(20)15-6-5-14(23-15)11-3-1-2-4-13(11)19(21)22/h1-9H,17H2. The van der Waals surface area contributed by atoms with Gasteiger partial charge in [0.05, 0.1) is 27.9 Å². The quantitative estimate of drug-likeness (QED) is 0.450. The highest BCUT2D eigenvalue weighted by Crippen LogP contribution is 2.31. The van der Waals surface area contributed by atoms with E-state index in [0.717, 1.165) is 0 Å². The SMILES string of the molecule is Nc1cnccc1C(=O)c1ccc(-c2ccccc2[N+](=O)[O-])o1. The first-order valence-electron chi connectivity index (χ1n) is 6.65. The van der Waals surface area contributed by atoms with Gasteiger partial charge in [0.25, 0.3) is 5.69 Å². The van der Waals surface area contributed by atoms with Crippen LogP contribution in [0.5, 0.6) is 0 Å². The van der Waals surface area contributed by atoms with E-state index in [2.05, 4.69) is 4.98 Å². The minimum Gasteiger partial charge on any atom is -0.452 e. The Morgan fingerprint density at radius 1 is 1.17 bits per heavy atom. The topological polar surface area (TPSA) is 112 Å². The van der Waals surface area contributed by atoms with Gasteiger partial charge in [0.1, 0.15) is 5.76 Å². The molecule has 0 radical (unpaired) electrons. The highest BCUT2D eigenvalue weighted by atomic mass is 16.6. The molecule has 0 unspecified atom stereocenters. The van der Waals surface area contributed by atoms with Crippen LogP contribution in [0.1, 0.15) is 16.1 Å². The van der Waals surface area contributed by atoms with Crippen LogP contribution >= 0.6 is 0 Å². The summed E-state index contributed by atoms with van der Waals surface area (Å²) in [5, 5.41) is 11.1. The number of furan rings is 1. The lowest BCUT2D eigenvalue weighted by atomic mass is 10.1. The number of nitrogen functional groups attached to an aromatic ring is 1. The van der Waals surface area contributed by atoms with Gasteiger partial charge in [0, 0.05) is 12.3 Å².